The molecule has 6 nitrogen and oxygen atoms in total. The van der Waals surface area contributed by atoms with Crippen LogP contribution in [0.3, 0.4) is 0 Å². The van der Waals surface area contributed by atoms with Crippen molar-refractivity contribution in [3.8, 4) is 0 Å². The van der Waals surface area contributed by atoms with Crippen molar-refractivity contribution in [2.75, 3.05) is 18.4 Å². The van der Waals surface area contributed by atoms with Crippen molar-refractivity contribution in [1.82, 2.24) is 9.62 Å². The summed E-state index contributed by atoms with van der Waals surface area (Å²) >= 11 is 5.06. The minimum Gasteiger partial charge on any atom is -0.332 e. The van der Waals surface area contributed by atoms with Crippen LogP contribution in [-0.2, 0) is 10.0 Å². The van der Waals surface area contributed by atoms with Gasteiger partial charge in [-0.1, -0.05) is 24.3 Å². The van der Waals surface area contributed by atoms with Gasteiger partial charge in [0.25, 0.3) is 5.91 Å². The summed E-state index contributed by atoms with van der Waals surface area (Å²) in [5.74, 6) is -1.35. The Morgan fingerprint density at radius 1 is 1.07 bits per heavy atom. The van der Waals surface area contributed by atoms with E-state index in [4.69, 9.17) is 12.2 Å². The van der Waals surface area contributed by atoms with Gasteiger partial charge in [-0.15, -0.1) is 13.2 Å². The first kappa shape index (κ1) is 22.4. The van der Waals surface area contributed by atoms with Crippen LogP contribution in [0.15, 0.2) is 78.7 Å². The number of anilines is 1. The molecule has 152 valence electrons. The van der Waals surface area contributed by atoms with Crippen LogP contribution in [0.1, 0.15) is 10.4 Å². The Morgan fingerprint density at radius 2 is 1.66 bits per heavy atom. The van der Waals surface area contributed by atoms with Gasteiger partial charge in [-0.2, -0.15) is 4.31 Å². The van der Waals surface area contributed by atoms with Crippen LogP contribution < -0.4 is 10.6 Å². The summed E-state index contributed by atoms with van der Waals surface area (Å²) in [6, 6.07) is 11.4. The molecule has 0 aliphatic heterocycles. The maximum atomic E-state index is 13.7. The zero-order valence-corrected chi connectivity index (χ0v) is 17.1. The normalized spacial score (nSPS) is 11.0. The smallest absolute Gasteiger partial charge is 0.260 e. The minimum atomic E-state index is -3.71. The monoisotopic (exact) mass is 433 g/mol. The zero-order chi connectivity index (χ0) is 21.4. The number of halogens is 1. The summed E-state index contributed by atoms with van der Waals surface area (Å²) in [6.07, 6.45) is 2.99. The summed E-state index contributed by atoms with van der Waals surface area (Å²) in [5, 5.41) is 5.08. The van der Waals surface area contributed by atoms with Gasteiger partial charge in [0.2, 0.25) is 10.0 Å². The van der Waals surface area contributed by atoms with E-state index < -0.39 is 21.7 Å². The fraction of sp³-hybridized carbons (Fsp3) is 0.100. The molecular formula is C20H20FN3O3S2. The highest BCUT2D eigenvalue weighted by Crippen LogP contribution is 2.18. The molecule has 0 radical (unpaired) electrons. The van der Waals surface area contributed by atoms with Crippen LogP contribution >= 0.6 is 12.2 Å². The number of sulfonamides is 1. The van der Waals surface area contributed by atoms with Gasteiger partial charge in [0.05, 0.1) is 10.5 Å². The maximum absolute atomic E-state index is 13.7. The first-order chi connectivity index (χ1) is 13.8. The number of thiocarbonyl (C=S) groups is 1. The maximum Gasteiger partial charge on any atom is 0.260 e. The lowest BCUT2D eigenvalue weighted by Crippen LogP contribution is -2.34. The van der Waals surface area contributed by atoms with Crippen LogP contribution in [0.5, 0.6) is 0 Å². The Kier molecular flexibility index (Phi) is 7.77. The van der Waals surface area contributed by atoms with Crippen LogP contribution in [0, 0.1) is 5.82 Å². The molecule has 0 unspecified atom stereocenters. The van der Waals surface area contributed by atoms with E-state index in [0.717, 1.165) is 0 Å². The highest BCUT2D eigenvalue weighted by molar-refractivity contribution is 7.89. The third kappa shape index (κ3) is 5.80. The van der Waals surface area contributed by atoms with Gasteiger partial charge in [0.1, 0.15) is 5.82 Å². The molecule has 9 heteroatoms. The molecule has 0 aliphatic carbocycles. The summed E-state index contributed by atoms with van der Waals surface area (Å²) in [5.41, 5.74) is 0.324. The molecule has 0 saturated heterocycles. The molecule has 0 atom stereocenters. The third-order valence-corrected chi connectivity index (χ3v) is 5.81. The molecule has 0 bridgehead atoms. The fourth-order valence-electron chi connectivity index (χ4n) is 2.40. The molecule has 0 fully saturated rings. The number of carbonyl (C=O) groups excluding carboxylic acids is 1. The molecule has 2 rings (SSSR count). The van der Waals surface area contributed by atoms with E-state index in [1.807, 2.05) is 0 Å². The summed E-state index contributed by atoms with van der Waals surface area (Å²) < 4.78 is 40.2. The van der Waals surface area contributed by atoms with Crippen molar-refractivity contribution in [3.05, 3.63) is 85.2 Å². The second-order valence-electron chi connectivity index (χ2n) is 5.81. The Balaban J connectivity index is 2.07. The standard InChI is InChI=1S/C20H20FN3O3S2/c1-3-13-24(14-4-2)29(26,27)16-11-9-15(10-12-16)22-20(28)23-19(25)17-7-5-6-8-18(17)21/h3-12H,1-2,13-14H2,(H2,22,23,25,28). The van der Waals surface area contributed by atoms with E-state index in [-0.39, 0.29) is 28.7 Å². The zero-order valence-electron chi connectivity index (χ0n) is 15.5. The predicted molar refractivity (Wildman–Crippen MR) is 116 cm³/mol. The minimum absolute atomic E-state index is 0.0474. The number of carbonyl (C=O) groups is 1. The Morgan fingerprint density at radius 3 is 2.21 bits per heavy atom. The molecular weight excluding hydrogens is 413 g/mol. The van der Waals surface area contributed by atoms with Crippen molar-refractivity contribution >= 4 is 38.9 Å². The van der Waals surface area contributed by atoms with Crippen molar-refractivity contribution in [2.45, 2.75) is 4.90 Å². The Bertz CT molecular complexity index is 1010. The van der Waals surface area contributed by atoms with E-state index in [2.05, 4.69) is 23.8 Å². The number of amides is 1. The first-order valence-electron chi connectivity index (χ1n) is 8.48. The third-order valence-electron chi connectivity index (χ3n) is 3.76. The Hall–Kier alpha value is -2.88. The number of hydrogen-bond donors (Lipinski definition) is 2. The first-order valence-corrected chi connectivity index (χ1v) is 10.3. The highest BCUT2D eigenvalue weighted by Gasteiger charge is 2.22. The van der Waals surface area contributed by atoms with Gasteiger partial charge in [0.15, 0.2) is 5.11 Å². The summed E-state index contributed by atoms with van der Waals surface area (Å²) in [4.78, 5) is 12.2. The molecule has 0 spiro atoms. The largest absolute Gasteiger partial charge is 0.332 e. The molecule has 0 heterocycles. The lowest BCUT2D eigenvalue weighted by Gasteiger charge is -2.19. The quantitative estimate of drug-likeness (QED) is 0.493. The number of nitrogens with one attached hydrogen (secondary N) is 2. The summed E-state index contributed by atoms with van der Waals surface area (Å²) in [7, 11) is -3.71. The topological polar surface area (TPSA) is 78.5 Å². The molecule has 0 saturated carbocycles. The fourth-order valence-corrected chi connectivity index (χ4v) is 3.99. The van der Waals surface area contributed by atoms with E-state index >= 15 is 0 Å². The van der Waals surface area contributed by atoms with Gasteiger partial charge in [-0.3, -0.25) is 10.1 Å². The van der Waals surface area contributed by atoms with E-state index in [0.29, 0.717) is 5.69 Å². The number of nitrogens with zero attached hydrogens (tertiary/aromatic N) is 1. The average molecular weight is 434 g/mol. The van der Waals surface area contributed by atoms with Gasteiger partial charge < -0.3 is 5.32 Å². The van der Waals surface area contributed by atoms with Crippen LogP contribution in [0.2, 0.25) is 0 Å². The van der Waals surface area contributed by atoms with E-state index in [1.54, 1.807) is 0 Å². The van der Waals surface area contributed by atoms with E-state index in [9.17, 15) is 17.6 Å². The average Bonchev–Trinajstić information content (AvgIpc) is 2.68. The Labute approximate surface area is 174 Å². The van der Waals surface area contributed by atoms with Gasteiger partial charge in [-0.05, 0) is 48.6 Å². The molecule has 1 amide bonds. The summed E-state index contributed by atoms with van der Waals surface area (Å²) in [6.45, 7) is 7.44. The molecule has 2 aromatic rings. The number of hydrogen-bond acceptors (Lipinski definition) is 4. The molecule has 2 aromatic carbocycles. The van der Waals surface area contributed by atoms with Crippen LogP contribution in [-0.4, -0.2) is 36.8 Å². The van der Waals surface area contributed by atoms with Crippen LogP contribution in [0.25, 0.3) is 0 Å². The SMILES string of the molecule is C=CCN(CC=C)S(=O)(=O)c1ccc(NC(=S)NC(=O)c2ccccc2F)cc1. The highest BCUT2D eigenvalue weighted by atomic mass is 32.2. The van der Waals surface area contributed by atoms with Gasteiger partial charge >= 0.3 is 0 Å². The molecule has 0 aromatic heterocycles. The lowest BCUT2D eigenvalue weighted by atomic mass is 10.2. The predicted octanol–water partition coefficient (Wildman–Crippen LogP) is 3.32. The molecule has 29 heavy (non-hydrogen) atoms. The van der Waals surface area contributed by atoms with Crippen molar-refractivity contribution < 1.29 is 17.6 Å². The van der Waals surface area contributed by atoms with Crippen molar-refractivity contribution in [1.29, 1.82) is 0 Å². The molecule has 0 aliphatic rings. The lowest BCUT2D eigenvalue weighted by molar-refractivity contribution is 0.0974. The van der Waals surface area contributed by atoms with Crippen molar-refractivity contribution in [3.63, 3.8) is 0 Å². The second kappa shape index (κ2) is 10.1. The number of benzene rings is 2. The van der Waals surface area contributed by atoms with E-state index in [1.165, 1.54) is 65.0 Å². The van der Waals surface area contributed by atoms with Gasteiger partial charge in [-0.25, -0.2) is 12.8 Å². The van der Waals surface area contributed by atoms with Gasteiger partial charge in [0, 0.05) is 18.8 Å². The molecule has 2 N–H and O–H groups in total. The van der Waals surface area contributed by atoms with Crippen molar-refractivity contribution in [2.24, 2.45) is 0 Å². The number of rotatable bonds is 8. The second-order valence-corrected chi connectivity index (χ2v) is 8.16. The van der Waals surface area contributed by atoms with Crippen LogP contribution in [0.4, 0.5) is 10.1 Å².